The fraction of sp³-hybridized carbons (Fsp3) is 0.182. The van der Waals surface area contributed by atoms with Crippen molar-refractivity contribution in [2.45, 2.75) is 31.8 Å². The molecule has 10 aromatic rings. The number of hydrogen-bond donors (Lipinski definition) is 4. The van der Waals surface area contributed by atoms with E-state index in [1.807, 2.05) is 0 Å². The number of rotatable bonds is 18. The molecule has 28 heteroatoms. The second-order valence-corrected chi connectivity index (χ2v) is 21.2. The van der Waals surface area contributed by atoms with Gasteiger partial charge in [-0.15, -0.1) is 0 Å². The second kappa shape index (κ2) is 26.1. The van der Waals surface area contributed by atoms with Gasteiger partial charge in [-0.2, -0.15) is 0 Å². The minimum atomic E-state index is -1.42. The van der Waals surface area contributed by atoms with Crippen molar-refractivity contribution in [2.24, 2.45) is 5.73 Å². The Kier molecular flexibility index (Phi) is 17.3. The van der Waals surface area contributed by atoms with Crippen LogP contribution in [0, 0.1) is 23.3 Å². The molecule has 0 saturated heterocycles. The predicted octanol–water partition coefficient (Wildman–Crippen LogP) is 9.48. The summed E-state index contributed by atoms with van der Waals surface area (Å²) in [7, 11) is 1.48. The van der Waals surface area contributed by atoms with E-state index in [4.69, 9.17) is 48.4 Å². The van der Waals surface area contributed by atoms with Crippen molar-refractivity contribution in [1.29, 1.82) is 0 Å². The van der Waals surface area contributed by atoms with Crippen LogP contribution in [0.25, 0.3) is 33.2 Å². The molecule has 0 atom stereocenters. The smallest absolute Gasteiger partial charge is 0.336 e. The first-order valence-electron chi connectivity index (χ1n) is 28.8. The molecular formula is C66H52F4N8O16. The van der Waals surface area contributed by atoms with Gasteiger partial charge in [0.1, 0.15) is 79.6 Å². The van der Waals surface area contributed by atoms with Crippen molar-refractivity contribution in [1.82, 2.24) is 23.7 Å². The van der Waals surface area contributed by atoms with Gasteiger partial charge in [0.25, 0.3) is 22.9 Å². The second-order valence-electron chi connectivity index (χ2n) is 21.2. The van der Waals surface area contributed by atoms with Crippen LogP contribution in [0.15, 0.2) is 154 Å². The van der Waals surface area contributed by atoms with E-state index in [-0.39, 0.29) is 76.7 Å². The number of carboxylic acid groups (broad SMARTS) is 1. The first kappa shape index (κ1) is 62.3. The molecule has 13 rings (SSSR count). The van der Waals surface area contributed by atoms with Gasteiger partial charge in [0.2, 0.25) is 11.5 Å². The molecule has 6 heterocycles. The van der Waals surface area contributed by atoms with E-state index in [9.17, 15) is 42.7 Å². The number of hydrogen-bond acceptors (Lipinski definition) is 18. The number of amides is 2. The summed E-state index contributed by atoms with van der Waals surface area (Å²) >= 11 is 0. The normalized spacial score (nSPS) is 13.2. The quantitative estimate of drug-likeness (QED) is 0.0581. The molecule has 0 radical (unpaired) electrons. The Labute approximate surface area is 527 Å². The molecule has 4 aromatic heterocycles. The van der Waals surface area contributed by atoms with Crippen LogP contribution in [-0.4, -0.2) is 98.8 Å². The van der Waals surface area contributed by atoms with Gasteiger partial charge in [-0.05, 0) is 111 Å². The van der Waals surface area contributed by atoms with E-state index >= 15 is 8.78 Å². The summed E-state index contributed by atoms with van der Waals surface area (Å²) in [5.74, 6) is -3.69. The van der Waals surface area contributed by atoms with Gasteiger partial charge in [-0.3, -0.25) is 43.1 Å². The highest BCUT2D eigenvalue weighted by atomic mass is 19.1. The van der Waals surface area contributed by atoms with Crippen molar-refractivity contribution >= 4 is 51.0 Å². The molecule has 0 unspecified atom stereocenters. The van der Waals surface area contributed by atoms with Crippen LogP contribution in [0.4, 0.5) is 28.9 Å². The number of fused-ring (bicyclic) bond motifs is 6. The highest BCUT2D eigenvalue weighted by Gasteiger charge is 2.40. The number of aromatic nitrogens is 5. The first-order chi connectivity index (χ1) is 45.4. The summed E-state index contributed by atoms with van der Waals surface area (Å²) in [5.41, 5.74) is 3.20. The molecule has 94 heavy (non-hydrogen) atoms. The lowest BCUT2D eigenvalue weighted by Gasteiger charge is -2.24. The Morgan fingerprint density at radius 2 is 1.13 bits per heavy atom. The summed E-state index contributed by atoms with van der Waals surface area (Å²) in [6.07, 6.45) is 6.95. The van der Waals surface area contributed by atoms with Gasteiger partial charge in [0, 0.05) is 66.1 Å². The average molecular weight is 1290 g/mol. The molecule has 480 valence electrons. The maximum absolute atomic E-state index is 15.5. The molecule has 0 bridgehead atoms. The van der Waals surface area contributed by atoms with Gasteiger partial charge < -0.3 is 64.1 Å². The first-order valence-corrected chi connectivity index (χ1v) is 28.8. The Morgan fingerprint density at radius 3 is 1.65 bits per heavy atom. The van der Waals surface area contributed by atoms with E-state index in [1.165, 1.54) is 90.9 Å². The molecular weight excluding hydrogens is 1240 g/mol. The zero-order valence-corrected chi connectivity index (χ0v) is 49.5. The number of pyridine rings is 3. The Balaban J connectivity index is 0.000000181. The number of nitrogens with zero attached hydrogens (tertiary/aromatic N) is 5. The summed E-state index contributed by atoms with van der Waals surface area (Å²) in [5, 5.41) is 15.1. The van der Waals surface area contributed by atoms with E-state index in [0.29, 0.717) is 90.9 Å². The van der Waals surface area contributed by atoms with Crippen molar-refractivity contribution < 1.29 is 79.7 Å². The SMILES string of the molecule is CCOc1ccn(-c2ccc(F)cc2)c(=O)c1C(=O)Nc1ccc(Oc2ccnc3cc(OCC4(N)CC4)c4c(c23)OCCO4)c(F)c1.COc1cc2nccc(Oc3ccc(NC(=O)c4cn(CC(=O)O)c(=O)n(-c5ccc(F)cc5)c4=O)cc3F)c2c2c1OCCO2. The lowest BCUT2D eigenvalue weighted by Crippen LogP contribution is -2.43. The molecule has 24 nitrogen and oxygen atoms in total. The van der Waals surface area contributed by atoms with Gasteiger partial charge in [0.05, 0.1) is 46.7 Å². The molecule has 3 aliphatic rings. The molecule has 2 aliphatic heterocycles. The molecule has 1 saturated carbocycles. The topological polar surface area (TPSA) is 296 Å². The number of nitrogens with one attached hydrogen (secondary N) is 2. The van der Waals surface area contributed by atoms with Crippen molar-refractivity contribution in [3.05, 3.63) is 206 Å². The van der Waals surface area contributed by atoms with Gasteiger partial charge in [-0.1, -0.05) is 0 Å². The molecule has 0 spiro atoms. The van der Waals surface area contributed by atoms with Crippen LogP contribution in [0.2, 0.25) is 0 Å². The number of nitrogens with two attached hydrogens (primary N) is 1. The number of methoxy groups -OCH3 is 1. The molecule has 5 N–H and O–H groups in total. The summed E-state index contributed by atoms with van der Waals surface area (Å²) in [4.78, 5) is 86.3. The zero-order valence-electron chi connectivity index (χ0n) is 49.5. The van der Waals surface area contributed by atoms with Crippen LogP contribution in [-0.2, 0) is 11.3 Å². The van der Waals surface area contributed by atoms with E-state index in [2.05, 4.69) is 20.6 Å². The summed E-state index contributed by atoms with van der Waals surface area (Å²) < 4.78 is 112. The third-order valence-corrected chi connectivity index (χ3v) is 14.8. The van der Waals surface area contributed by atoms with Crippen molar-refractivity contribution in [3.8, 4) is 74.6 Å². The van der Waals surface area contributed by atoms with Crippen LogP contribution in [0.3, 0.4) is 0 Å². The van der Waals surface area contributed by atoms with Gasteiger partial charge in [-0.25, -0.2) is 26.9 Å². The van der Waals surface area contributed by atoms with E-state index in [1.54, 1.807) is 25.1 Å². The lowest BCUT2D eigenvalue weighted by atomic mass is 10.1. The highest BCUT2D eigenvalue weighted by molar-refractivity contribution is 6.06. The summed E-state index contributed by atoms with van der Waals surface area (Å²) in [6.45, 7) is 2.50. The largest absolute Gasteiger partial charge is 0.493 e. The number of aliphatic carboxylic acids is 1. The van der Waals surface area contributed by atoms with Crippen LogP contribution < -0.4 is 75.8 Å². The monoisotopic (exact) mass is 1290 g/mol. The number of anilines is 2. The number of benzene rings is 6. The highest BCUT2D eigenvalue weighted by Crippen LogP contribution is 2.51. The standard InChI is InChI=1S/C35H30F2N4O7.C31H22F2N4O9/c1-2-44-26-10-14-41(22-6-3-20(36)4-7-22)34(43)30(26)33(42)40-21-5-8-25(23(37)17-21)48-27-9-13-39-24-18-28(47-19-35(38)11-12-35)31-32(29(24)27)46-16-15-45-31;1-43-24-13-21-26(28-27(24)44-10-11-45-28)23(8-9-34-21)46-22-7-4-17(12-20(22)33)35-29(40)19-14-36(15-25(38)39)31(42)37(30(19)41)18-5-2-16(32)3-6-18/h3-10,13-14,17-18H,2,11-12,15-16,19,38H2,1H3,(H,40,42);2-9,12-14H,10-11,15H2,1H3,(H,35,40)(H,38,39). The van der Waals surface area contributed by atoms with Gasteiger partial charge >= 0.3 is 11.7 Å². The van der Waals surface area contributed by atoms with E-state index in [0.717, 1.165) is 55.4 Å². The third kappa shape index (κ3) is 12.9. The molecule has 6 aromatic carbocycles. The maximum Gasteiger partial charge on any atom is 0.336 e. The zero-order chi connectivity index (χ0) is 65.9. The summed E-state index contributed by atoms with van der Waals surface area (Å²) in [6, 6.07) is 24.7. The fourth-order valence-electron chi connectivity index (χ4n) is 10.1. The molecule has 1 aliphatic carbocycles. The van der Waals surface area contributed by atoms with Crippen molar-refractivity contribution in [3.63, 3.8) is 0 Å². The number of carbonyl (C=O) groups excluding carboxylic acids is 2. The average Bonchev–Trinajstić information content (AvgIpc) is 0.950. The molecule has 2 amide bonds. The maximum atomic E-state index is 15.5. The number of carbonyl (C=O) groups is 3. The minimum absolute atomic E-state index is 0.0431. The number of ether oxygens (including phenoxy) is 9. The number of carboxylic acids is 1. The minimum Gasteiger partial charge on any atom is -0.493 e. The molecule has 1 fully saturated rings. The predicted molar refractivity (Wildman–Crippen MR) is 330 cm³/mol. The van der Waals surface area contributed by atoms with Gasteiger partial charge in [0.15, 0.2) is 46.1 Å². The van der Waals surface area contributed by atoms with Crippen molar-refractivity contribution in [2.75, 3.05) is 57.4 Å². The van der Waals surface area contributed by atoms with Crippen LogP contribution in [0.1, 0.15) is 40.5 Å². The Morgan fingerprint density at radius 1 is 0.606 bits per heavy atom. The third-order valence-electron chi connectivity index (χ3n) is 14.8. The Bertz CT molecular complexity index is 4850. The van der Waals surface area contributed by atoms with E-state index < -0.39 is 70.0 Å². The fourth-order valence-corrected chi connectivity index (χ4v) is 10.1. The number of halogens is 4. The van der Waals surface area contributed by atoms with Crippen LogP contribution >= 0.6 is 0 Å². The lowest BCUT2D eigenvalue weighted by molar-refractivity contribution is -0.137. The van der Waals surface area contributed by atoms with Crippen LogP contribution in [0.5, 0.6) is 63.2 Å². The Hall–Kier alpha value is -11.9.